The summed E-state index contributed by atoms with van der Waals surface area (Å²) in [6.45, 7) is 10.5. The van der Waals surface area contributed by atoms with E-state index in [1.807, 2.05) is 0 Å². The summed E-state index contributed by atoms with van der Waals surface area (Å²) in [5.41, 5.74) is -5.65. The third kappa shape index (κ3) is 14.5. The van der Waals surface area contributed by atoms with Crippen LogP contribution in [-0.2, 0) is 19.6 Å². The number of likely N-dealkylation sites (N-methyl/N-ethyl adjacent to an activating group) is 1. The van der Waals surface area contributed by atoms with Crippen molar-refractivity contribution in [3.8, 4) is 0 Å². The Labute approximate surface area is 159 Å². The number of carbonyl (C=O) groups excluding carboxylic acids is 1. The molecule has 0 amide bonds. The molecule has 0 aliphatic carbocycles. The van der Waals surface area contributed by atoms with Crippen molar-refractivity contribution in [2.45, 2.75) is 51.1 Å². The molecular weight excluding hydrogens is 391 g/mol. The summed E-state index contributed by atoms with van der Waals surface area (Å²) in [4.78, 5) is 11.0. The Morgan fingerprint density at radius 1 is 1.26 bits per heavy atom. The maximum absolute atomic E-state index is 11.0. The molecule has 0 bridgehead atoms. The van der Waals surface area contributed by atoms with Gasteiger partial charge in [-0.15, -0.1) is 0 Å². The normalized spacial score (nSPS) is 13.3. The molecule has 0 saturated carbocycles. The summed E-state index contributed by atoms with van der Waals surface area (Å²) >= 11 is 0. The van der Waals surface area contributed by atoms with Crippen LogP contribution in [0, 0.1) is 0 Å². The number of hydrogen-bond donors (Lipinski definition) is 1. The molecule has 0 radical (unpaired) electrons. The first-order chi connectivity index (χ1) is 12.2. The highest BCUT2D eigenvalue weighted by molar-refractivity contribution is 7.86. The zero-order valence-electron chi connectivity index (χ0n) is 16.0. The number of carbonyl (C=O) groups is 1. The second-order valence-electron chi connectivity index (χ2n) is 6.34. The summed E-state index contributed by atoms with van der Waals surface area (Å²) in [5.74, 6) is -0.477. The first-order valence-corrected chi connectivity index (χ1v) is 9.96. The molecule has 0 rings (SSSR count). The number of hydrogen-bond acceptors (Lipinski definition) is 6. The minimum Gasteiger partial charge on any atom is -0.741 e. The van der Waals surface area contributed by atoms with E-state index in [2.05, 4.69) is 27.5 Å². The lowest BCUT2D eigenvalue weighted by Crippen LogP contribution is -2.51. The molecule has 0 aromatic carbocycles. The molecule has 1 unspecified atom stereocenters. The average molecular weight is 421 g/mol. The molecule has 0 spiro atoms. The Bertz CT molecular complexity index is 529. The van der Waals surface area contributed by atoms with Crippen molar-refractivity contribution >= 4 is 16.1 Å². The molecule has 11 heteroatoms. The van der Waals surface area contributed by atoms with Gasteiger partial charge in [0.15, 0.2) is 10.1 Å². The number of ether oxygens (including phenoxy) is 1. The molecule has 0 aromatic heterocycles. The van der Waals surface area contributed by atoms with E-state index < -0.39 is 27.7 Å². The van der Waals surface area contributed by atoms with Crippen molar-refractivity contribution in [3.63, 3.8) is 0 Å². The van der Waals surface area contributed by atoms with Gasteiger partial charge in [0.2, 0.25) is 0 Å². The zero-order valence-corrected chi connectivity index (χ0v) is 16.8. The topological polar surface area (TPSA) is 104 Å². The van der Waals surface area contributed by atoms with E-state index in [4.69, 9.17) is 17.7 Å². The summed E-state index contributed by atoms with van der Waals surface area (Å²) < 4.78 is 64.6. The summed E-state index contributed by atoms with van der Waals surface area (Å²) in [6.07, 6.45) is 5.12. The fraction of sp³-hybridized carbons (Fsp3) is 0.812. The van der Waals surface area contributed by atoms with Crippen LogP contribution in [0.2, 0.25) is 0 Å². The van der Waals surface area contributed by atoms with E-state index in [0.29, 0.717) is 6.54 Å². The van der Waals surface area contributed by atoms with Crippen LogP contribution in [0.3, 0.4) is 0 Å². The van der Waals surface area contributed by atoms with Gasteiger partial charge in [-0.05, 0) is 12.8 Å². The van der Waals surface area contributed by atoms with Crippen LogP contribution in [0.5, 0.6) is 0 Å². The van der Waals surface area contributed by atoms with E-state index in [1.54, 1.807) is 0 Å². The van der Waals surface area contributed by atoms with E-state index in [1.165, 1.54) is 0 Å². The lowest BCUT2D eigenvalue weighted by atomic mass is 10.2. The van der Waals surface area contributed by atoms with Crippen LogP contribution < -0.4 is 0 Å². The SMILES string of the molecule is C=CC(=O)OCC(O)C[N+](C)(CCCC)CCCC.O=S(=O)([O-])C(F)(F)F. The van der Waals surface area contributed by atoms with E-state index in [0.717, 1.165) is 49.3 Å². The fourth-order valence-corrected chi connectivity index (χ4v) is 2.17. The Kier molecular flexibility index (Phi) is 13.6. The third-order valence-corrected chi connectivity index (χ3v) is 4.19. The minimum atomic E-state index is -6.09. The standard InChI is InChI=1S/C15H30NO3.CHF3O3S/c1-5-8-10-16(4,11-9-6-2)12-14(17)13-19-15(18)7-3;2-1(3,4)8(5,6)7/h7,14,17H,3,5-6,8-13H2,1-2,4H3;(H,5,6,7)/q+1;/p-1. The van der Waals surface area contributed by atoms with E-state index >= 15 is 0 Å². The number of nitrogens with zero attached hydrogens (tertiary/aromatic N) is 1. The molecule has 1 N–H and O–H groups in total. The largest absolute Gasteiger partial charge is 0.741 e. The van der Waals surface area contributed by atoms with Crippen LogP contribution in [0.4, 0.5) is 13.2 Å². The van der Waals surface area contributed by atoms with Crippen molar-refractivity contribution in [2.24, 2.45) is 0 Å². The first-order valence-electron chi connectivity index (χ1n) is 8.55. The summed E-state index contributed by atoms with van der Waals surface area (Å²) in [5, 5.41) is 10.0. The van der Waals surface area contributed by atoms with Crippen molar-refractivity contribution in [1.29, 1.82) is 0 Å². The monoisotopic (exact) mass is 421 g/mol. The molecule has 0 saturated heterocycles. The van der Waals surface area contributed by atoms with Gasteiger partial charge < -0.3 is 18.9 Å². The lowest BCUT2D eigenvalue weighted by molar-refractivity contribution is -0.913. The molecule has 0 fully saturated rings. The van der Waals surface area contributed by atoms with E-state index in [-0.39, 0.29) is 6.61 Å². The van der Waals surface area contributed by atoms with Gasteiger partial charge in [-0.3, -0.25) is 0 Å². The van der Waals surface area contributed by atoms with Gasteiger partial charge >= 0.3 is 11.5 Å². The molecule has 162 valence electrons. The van der Waals surface area contributed by atoms with Crippen LogP contribution in [0.1, 0.15) is 39.5 Å². The summed E-state index contributed by atoms with van der Waals surface area (Å²) in [7, 11) is -3.92. The maximum atomic E-state index is 11.0. The quantitative estimate of drug-likeness (QED) is 0.180. The molecule has 27 heavy (non-hydrogen) atoms. The summed E-state index contributed by atoms with van der Waals surface area (Å²) in [6, 6.07) is 0. The number of quaternary nitrogens is 1. The Morgan fingerprint density at radius 2 is 1.67 bits per heavy atom. The highest BCUT2D eigenvalue weighted by Gasteiger charge is 2.36. The molecule has 7 nitrogen and oxygen atoms in total. The number of unbranched alkanes of at least 4 members (excludes halogenated alkanes) is 2. The van der Waals surface area contributed by atoms with Crippen LogP contribution in [0.25, 0.3) is 0 Å². The Hall–Kier alpha value is -1.17. The van der Waals surface area contributed by atoms with Crippen LogP contribution in [0.15, 0.2) is 12.7 Å². The second kappa shape index (κ2) is 13.1. The molecule has 0 aromatic rings. The molecule has 1 atom stereocenters. The molecule has 0 heterocycles. The average Bonchev–Trinajstić information content (AvgIpc) is 2.55. The van der Waals surface area contributed by atoms with Crippen LogP contribution >= 0.6 is 0 Å². The molecule has 0 aliphatic rings. The Balaban J connectivity index is 0. The number of esters is 1. The number of alkyl halides is 3. The third-order valence-electron chi connectivity index (χ3n) is 3.62. The number of halogens is 3. The lowest BCUT2D eigenvalue weighted by Gasteiger charge is -2.36. The smallest absolute Gasteiger partial charge is 0.485 e. The minimum absolute atomic E-state index is 0.0525. The zero-order chi connectivity index (χ0) is 21.7. The van der Waals surface area contributed by atoms with Gasteiger partial charge in [0, 0.05) is 6.08 Å². The van der Waals surface area contributed by atoms with Crippen molar-refractivity contribution in [3.05, 3.63) is 12.7 Å². The number of aliphatic hydroxyl groups is 1. The maximum Gasteiger partial charge on any atom is 0.485 e. The van der Waals surface area contributed by atoms with Crippen molar-refractivity contribution in [2.75, 3.05) is 33.3 Å². The van der Waals surface area contributed by atoms with Gasteiger partial charge in [0.05, 0.1) is 20.1 Å². The fourth-order valence-electron chi connectivity index (χ4n) is 2.17. The van der Waals surface area contributed by atoms with Gasteiger partial charge in [-0.25, -0.2) is 13.2 Å². The second-order valence-corrected chi connectivity index (χ2v) is 7.72. The predicted molar refractivity (Wildman–Crippen MR) is 93.5 cm³/mol. The van der Waals surface area contributed by atoms with Crippen molar-refractivity contribution < 1.29 is 45.3 Å². The molecule has 0 aliphatic heterocycles. The van der Waals surface area contributed by atoms with Gasteiger partial charge in [-0.1, -0.05) is 33.3 Å². The number of rotatable bonds is 11. The van der Waals surface area contributed by atoms with Crippen LogP contribution in [-0.4, -0.2) is 73.4 Å². The molecular formula is C16H30F3NO6S. The van der Waals surface area contributed by atoms with Gasteiger partial charge in [-0.2, -0.15) is 13.2 Å². The van der Waals surface area contributed by atoms with Gasteiger partial charge in [0.25, 0.3) is 0 Å². The number of aliphatic hydroxyl groups excluding tert-OH is 1. The first kappa shape index (κ1) is 28.0. The highest BCUT2D eigenvalue weighted by atomic mass is 32.2. The van der Waals surface area contributed by atoms with Gasteiger partial charge in [0.1, 0.15) is 19.3 Å². The van der Waals surface area contributed by atoms with Crippen molar-refractivity contribution in [1.82, 2.24) is 0 Å². The highest BCUT2D eigenvalue weighted by Crippen LogP contribution is 2.20. The van der Waals surface area contributed by atoms with E-state index in [9.17, 15) is 23.1 Å². The predicted octanol–water partition coefficient (Wildman–Crippen LogP) is 2.17. The Morgan fingerprint density at radius 3 is 1.96 bits per heavy atom.